The van der Waals surface area contributed by atoms with Crippen LogP contribution in [-0.4, -0.2) is 34.3 Å². The Morgan fingerprint density at radius 1 is 1.17 bits per heavy atom. The first-order valence-corrected chi connectivity index (χ1v) is 10.8. The second-order valence-electron chi connectivity index (χ2n) is 7.56. The number of pyridine rings is 1. The number of carbonyl (C=O) groups excluding carboxylic acids is 2. The molecule has 36 heavy (non-hydrogen) atoms. The zero-order chi connectivity index (χ0) is 26.2. The van der Waals surface area contributed by atoms with E-state index < -0.39 is 29.5 Å². The van der Waals surface area contributed by atoms with Crippen LogP contribution in [0.15, 0.2) is 54.9 Å². The summed E-state index contributed by atoms with van der Waals surface area (Å²) < 4.78 is 34.5. The summed E-state index contributed by atoms with van der Waals surface area (Å²) in [5, 5.41) is 20.5. The Morgan fingerprint density at radius 3 is 2.53 bits per heavy atom. The largest absolute Gasteiger partial charge is 0.508 e. The van der Waals surface area contributed by atoms with Crippen molar-refractivity contribution in [3.8, 4) is 11.5 Å². The first kappa shape index (κ1) is 25.9. The molecule has 1 heterocycles. The first-order valence-electron chi connectivity index (χ1n) is 10.8. The van der Waals surface area contributed by atoms with Crippen molar-refractivity contribution in [2.24, 2.45) is 5.73 Å². The molecule has 10 nitrogen and oxygen atoms in total. The third-order valence-corrected chi connectivity index (χ3v) is 4.91. The van der Waals surface area contributed by atoms with E-state index in [9.17, 15) is 19.1 Å². The van der Waals surface area contributed by atoms with E-state index in [0.717, 1.165) is 24.4 Å². The van der Waals surface area contributed by atoms with Crippen LogP contribution in [0.25, 0.3) is 0 Å². The number of nitrogen functional groups attached to an aromatic ring is 1. The monoisotopic (exact) mass is 498 g/mol. The van der Waals surface area contributed by atoms with E-state index in [2.05, 4.69) is 21.2 Å². The number of hydrazine groups is 1. The number of benzene rings is 2. The number of phenols is 1. The van der Waals surface area contributed by atoms with Crippen LogP contribution in [0.3, 0.4) is 0 Å². The van der Waals surface area contributed by atoms with Crippen molar-refractivity contribution in [2.45, 2.75) is 19.4 Å². The number of phenolic OH excluding ortho intramolecular Hbond substituents is 1. The number of ether oxygens (including phenoxy) is 1. The molecule has 7 N–H and O–H groups in total. The standard InChI is InChI=1S/C24H24F2N6O4/c1-2-9-36-19-11-15(33)10-17(20(19)26)21(30-14-5-3-13(4-6-14)22(27)28)24(35)32-31-23(34)16-7-8-29-12-18(16)25/h3-8,10-12,21,30,33H,2,9H2,1H3,(H3,27,28)(H,31,34)(H,32,35). The van der Waals surface area contributed by atoms with Gasteiger partial charge in [0.15, 0.2) is 17.4 Å². The van der Waals surface area contributed by atoms with E-state index in [4.69, 9.17) is 15.9 Å². The minimum Gasteiger partial charge on any atom is -0.508 e. The van der Waals surface area contributed by atoms with Gasteiger partial charge in [-0.05, 0) is 42.8 Å². The van der Waals surface area contributed by atoms with Crippen molar-refractivity contribution >= 4 is 23.3 Å². The van der Waals surface area contributed by atoms with Gasteiger partial charge in [0.05, 0.1) is 18.4 Å². The summed E-state index contributed by atoms with van der Waals surface area (Å²) in [6.07, 6.45) is 2.62. The fourth-order valence-electron chi connectivity index (χ4n) is 3.15. The Kier molecular flexibility index (Phi) is 8.34. The average molecular weight is 498 g/mol. The molecule has 188 valence electrons. The zero-order valence-electron chi connectivity index (χ0n) is 19.1. The average Bonchev–Trinajstić information content (AvgIpc) is 2.86. The SMILES string of the molecule is CCCOc1cc(O)cc(C(Nc2ccc(C(=N)N)cc2)C(=O)NNC(=O)c2ccncc2F)c1F. The zero-order valence-corrected chi connectivity index (χ0v) is 19.1. The van der Waals surface area contributed by atoms with Gasteiger partial charge in [0.1, 0.15) is 17.6 Å². The van der Waals surface area contributed by atoms with Gasteiger partial charge in [0.25, 0.3) is 11.8 Å². The van der Waals surface area contributed by atoms with Crippen LogP contribution in [0, 0.1) is 17.0 Å². The number of amidine groups is 1. The number of halogens is 2. The summed E-state index contributed by atoms with van der Waals surface area (Å²) in [5.74, 6) is -4.48. The predicted molar refractivity (Wildman–Crippen MR) is 127 cm³/mol. The number of hydrogen-bond acceptors (Lipinski definition) is 7. The molecule has 0 saturated heterocycles. The quantitative estimate of drug-likeness (QED) is 0.150. The molecule has 3 rings (SSSR count). The summed E-state index contributed by atoms with van der Waals surface area (Å²) in [6.45, 7) is 1.99. The van der Waals surface area contributed by atoms with Crippen LogP contribution >= 0.6 is 0 Å². The van der Waals surface area contributed by atoms with Gasteiger partial charge in [-0.25, -0.2) is 8.78 Å². The summed E-state index contributed by atoms with van der Waals surface area (Å²) in [7, 11) is 0. The van der Waals surface area contributed by atoms with E-state index in [1.165, 1.54) is 30.5 Å². The van der Waals surface area contributed by atoms with Gasteiger partial charge in [0.2, 0.25) is 0 Å². The highest BCUT2D eigenvalue weighted by molar-refractivity contribution is 5.97. The van der Waals surface area contributed by atoms with E-state index in [0.29, 0.717) is 17.7 Å². The number of rotatable bonds is 9. The number of hydrogen-bond donors (Lipinski definition) is 6. The number of nitrogens with zero attached hydrogens (tertiary/aromatic N) is 1. The maximum Gasteiger partial charge on any atom is 0.272 e. The van der Waals surface area contributed by atoms with Crippen LogP contribution in [0.2, 0.25) is 0 Å². The van der Waals surface area contributed by atoms with Crippen molar-refractivity contribution in [1.82, 2.24) is 15.8 Å². The highest BCUT2D eigenvalue weighted by atomic mass is 19.1. The summed E-state index contributed by atoms with van der Waals surface area (Å²) in [5.41, 5.74) is 9.79. The van der Waals surface area contributed by atoms with Crippen LogP contribution in [-0.2, 0) is 4.79 Å². The van der Waals surface area contributed by atoms with Gasteiger partial charge >= 0.3 is 0 Å². The van der Waals surface area contributed by atoms with Gasteiger partial charge in [-0.1, -0.05) is 6.92 Å². The topological polar surface area (TPSA) is 162 Å². The number of aromatic hydroxyl groups is 1. The maximum absolute atomic E-state index is 15.3. The van der Waals surface area contributed by atoms with E-state index in [-0.39, 0.29) is 35.1 Å². The van der Waals surface area contributed by atoms with Crippen LogP contribution in [0.4, 0.5) is 14.5 Å². The molecule has 0 fully saturated rings. The maximum atomic E-state index is 15.3. The van der Waals surface area contributed by atoms with E-state index >= 15 is 4.39 Å². The first-order chi connectivity index (χ1) is 17.2. The fourth-order valence-corrected chi connectivity index (χ4v) is 3.15. The molecule has 1 aromatic heterocycles. The van der Waals surface area contributed by atoms with Crippen molar-refractivity contribution in [3.05, 3.63) is 83.2 Å². The Bertz CT molecular complexity index is 1270. The van der Waals surface area contributed by atoms with Crippen LogP contribution in [0.5, 0.6) is 11.5 Å². The highest BCUT2D eigenvalue weighted by Gasteiger charge is 2.28. The minimum absolute atomic E-state index is 0.168. The Morgan fingerprint density at radius 2 is 1.89 bits per heavy atom. The predicted octanol–water partition coefficient (Wildman–Crippen LogP) is 2.75. The van der Waals surface area contributed by atoms with Gasteiger partial charge in [-0.15, -0.1) is 0 Å². The summed E-state index contributed by atoms with van der Waals surface area (Å²) in [4.78, 5) is 28.9. The molecule has 0 spiro atoms. The normalized spacial score (nSPS) is 11.3. The lowest BCUT2D eigenvalue weighted by molar-refractivity contribution is -0.122. The number of amides is 2. The van der Waals surface area contributed by atoms with Gasteiger partial charge in [-0.2, -0.15) is 0 Å². The van der Waals surface area contributed by atoms with E-state index in [1.807, 2.05) is 6.92 Å². The second-order valence-corrected chi connectivity index (χ2v) is 7.56. The molecule has 0 aliphatic carbocycles. The Balaban J connectivity index is 1.92. The van der Waals surface area contributed by atoms with Crippen molar-refractivity contribution in [1.29, 1.82) is 5.41 Å². The fraction of sp³-hybridized carbons (Fsp3) is 0.167. The van der Waals surface area contributed by atoms with Gasteiger partial charge in [0, 0.05) is 29.1 Å². The highest BCUT2D eigenvalue weighted by Crippen LogP contribution is 2.32. The van der Waals surface area contributed by atoms with E-state index in [1.54, 1.807) is 0 Å². The molecular weight excluding hydrogens is 474 g/mol. The lowest BCUT2D eigenvalue weighted by Gasteiger charge is -2.22. The Hall–Kier alpha value is -4.74. The number of aromatic nitrogens is 1. The number of nitrogens with two attached hydrogens (primary N) is 1. The number of carbonyl (C=O) groups is 2. The molecule has 1 atom stereocenters. The third kappa shape index (κ3) is 6.23. The molecule has 12 heteroatoms. The summed E-state index contributed by atoms with van der Waals surface area (Å²) >= 11 is 0. The molecular formula is C24H24F2N6O4. The van der Waals surface area contributed by atoms with Crippen molar-refractivity contribution in [3.63, 3.8) is 0 Å². The van der Waals surface area contributed by atoms with Gasteiger partial charge in [-0.3, -0.25) is 30.8 Å². The van der Waals surface area contributed by atoms with Crippen molar-refractivity contribution < 1.29 is 28.2 Å². The molecule has 2 amide bonds. The van der Waals surface area contributed by atoms with Crippen molar-refractivity contribution in [2.75, 3.05) is 11.9 Å². The molecule has 0 radical (unpaired) electrons. The summed E-state index contributed by atoms with van der Waals surface area (Å²) in [6, 6.07) is 7.82. The van der Waals surface area contributed by atoms with Crippen LogP contribution < -0.4 is 26.6 Å². The number of anilines is 1. The molecule has 3 aromatic rings. The second kappa shape index (κ2) is 11.6. The minimum atomic E-state index is -1.48. The Labute approximate surface area is 205 Å². The molecule has 0 bridgehead atoms. The smallest absolute Gasteiger partial charge is 0.272 e. The third-order valence-electron chi connectivity index (χ3n) is 4.91. The van der Waals surface area contributed by atoms with Gasteiger partial charge < -0.3 is 20.9 Å². The molecule has 2 aromatic carbocycles. The number of nitrogens with one attached hydrogen (secondary N) is 4. The molecule has 1 unspecified atom stereocenters. The lowest BCUT2D eigenvalue weighted by atomic mass is 10.0. The lowest BCUT2D eigenvalue weighted by Crippen LogP contribution is -2.45. The molecule has 0 aliphatic rings. The van der Waals surface area contributed by atoms with Crippen LogP contribution in [0.1, 0.15) is 40.9 Å². The molecule has 0 saturated carbocycles. The molecule has 0 aliphatic heterocycles.